The van der Waals surface area contributed by atoms with Crippen LogP contribution in [0.5, 0.6) is 0 Å². The van der Waals surface area contributed by atoms with Gasteiger partial charge in [0.1, 0.15) is 0 Å². The van der Waals surface area contributed by atoms with Crippen molar-refractivity contribution in [1.29, 1.82) is 0 Å². The van der Waals surface area contributed by atoms with Gasteiger partial charge in [0.2, 0.25) is 5.91 Å². The summed E-state index contributed by atoms with van der Waals surface area (Å²) in [5.74, 6) is 0.346. The fourth-order valence-corrected chi connectivity index (χ4v) is 4.45. The van der Waals surface area contributed by atoms with E-state index in [1.165, 1.54) is 5.56 Å². The molecule has 0 aliphatic carbocycles. The summed E-state index contributed by atoms with van der Waals surface area (Å²) in [7, 11) is -1.05. The molecule has 24 heavy (non-hydrogen) atoms. The SMILES string of the molecule is O=C1NC(=O)C(Cc2ccc(S(=O)CCc3ccccc3)cc2)S1. The highest BCUT2D eigenvalue weighted by Crippen LogP contribution is 2.23. The van der Waals surface area contributed by atoms with Crippen molar-refractivity contribution in [2.24, 2.45) is 0 Å². The van der Waals surface area contributed by atoms with Crippen LogP contribution in [0.15, 0.2) is 59.5 Å². The molecular formula is C18H17NO3S2. The lowest BCUT2D eigenvalue weighted by Gasteiger charge is -2.07. The maximum atomic E-state index is 12.4. The lowest BCUT2D eigenvalue weighted by molar-refractivity contribution is -0.118. The second kappa shape index (κ2) is 7.77. The van der Waals surface area contributed by atoms with Gasteiger partial charge in [0.25, 0.3) is 5.24 Å². The predicted molar refractivity (Wildman–Crippen MR) is 96.5 cm³/mol. The van der Waals surface area contributed by atoms with E-state index in [4.69, 9.17) is 0 Å². The fourth-order valence-electron chi connectivity index (χ4n) is 2.49. The monoisotopic (exact) mass is 359 g/mol. The maximum absolute atomic E-state index is 12.4. The Balaban J connectivity index is 1.56. The molecule has 2 aromatic rings. The van der Waals surface area contributed by atoms with Crippen molar-refractivity contribution in [2.45, 2.75) is 23.0 Å². The number of carbonyl (C=O) groups is 2. The second-order valence-corrected chi connectivity index (χ2v) is 8.26. The topological polar surface area (TPSA) is 63.2 Å². The van der Waals surface area contributed by atoms with Crippen molar-refractivity contribution in [2.75, 3.05) is 5.75 Å². The predicted octanol–water partition coefficient (Wildman–Crippen LogP) is 2.93. The molecule has 1 fully saturated rings. The quantitative estimate of drug-likeness (QED) is 0.861. The van der Waals surface area contributed by atoms with Crippen molar-refractivity contribution in [3.8, 4) is 0 Å². The Morgan fingerprint density at radius 1 is 0.958 bits per heavy atom. The normalized spacial score (nSPS) is 18.4. The molecule has 2 amide bonds. The lowest BCUT2D eigenvalue weighted by Crippen LogP contribution is -2.25. The molecule has 0 spiro atoms. The molecule has 124 valence electrons. The Morgan fingerprint density at radius 2 is 1.67 bits per heavy atom. The number of hydrogen-bond acceptors (Lipinski definition) is 4. The maximum Gasteiger partial charge on any atom is 0.286 e. The third-order valence-electron chi connectivity index (χ3n) is 3.79. The third-order valence-corrected chi connectivity index (χ3v) is 6.15. The molecule has 0 aromatic heterocycles. The third kappa shape index (κ3) is 4.33. The summed E-state index contributed by atoms with van der Waals surface area (Å²) in [6.07, 6.45) is 1.27. The molecule has 1 saturated heterocycles. The van der Waals surface area contributed by atoms with E-state index < -0.39 is 10.8 Å². The number of amides is 2. The van der Waals surface area contributed by atoms with Crippen LogP contribution in [0.2, 0.25) is 0 Å². The zero-order valence-corrected chi connectivity index (χ0v) is 14.6. The van der Waals surface area contributed by atoms with Crippen LogP contribution in [0.1, 0.15) is 11.1 Å². The first kappa shape index (κ1) is 16.9. The number of nitrogens with one attached hydrogen (secondary N) is 1. The van der Waals surface area contributed by atoms with E-state index in [-0.39, 0.29) is 16.4 Å². The highest BCUT2D eigenvalue weighted by Gasteiger charge is 2.31. The molecule has 2 aromatic carbocycles. The van der Waals surface area contributed by atoms with Gasteiger partial charge >= 0.3 is 0 Å². The van der Waals surface area contributed by atoms with Gasteiger partial charge in [-0.2, -0.15) is 0 Å². The van der Waals surface area contributed by atoms with Gasteiger partial charge in [-0.3, -0.25) is 19.1 Å². The smallest absolute Gasteiger partial charge is 0.286 e. The van der Waals surface area contributed by atoms with Crippen LogP contribution < -0.4 is 5.32 Å². The molecule has 1 N–H and O–H groups in total. The number of thioether (sulfide) groups is 1. The average Bonchev–Trinajstić information content (AvgIpc) is 2.91. The van der Waals surface area contributed by atoms with Crippen LogP contribution in [0.3, 0.4) is 0 Å². The molecule has 1 aliphatic heterocycles. The molecule has 0 radical (unpaired) electrons. The van der Waals surface area contributed by atoms with Crippen molar-refractivity contribution in [3.05, 3.63) is 65.7 Å². The van der Waals surface area contributed by atoms with Crippen LogP contribution in [-0.2, 0) is 28.4 Å². The summed E-state index contributed by atoms with van der Waals surface area (Å²) >= 11 is 1.03. The number of rotatable bonds is 6. The molecule has 1 heterocycles. The lowest BCUT2D eigenvalue weighted by atomic mass is 10.1. The number of carbonyl (C=O) groups excluding carboxylic acids is 2. The molecule has 0 saturated carbocycles. The second-order valence-electron chi connectivity index (χ2n) is 5.52. The van der Waals surface area contributed by atoms with Crippen molar-refractivity contribution < 1.29 is 13.8 Å². The first-order valence-electron chi connectivity index (χ1n) is 7.64. The van der Waals surface area contributed by atoms with Gasteiger partial charge in [-0.15, -0.1) is 0 Å². The minimum absolute atomic E-state index is 0.236. The zero-order chi connectivity index (χ0) is 16.9. The summed E-state index contributed by atoms with van der Waals surface area (Å²) < 4.78 is 12.4. The molecular weight excluding hydrogens is 342 g/mol. The van der Waals surface area contributed by atoms with Crippen LogP contribution in [0.4, 0.5) is 4.79 Å². The first-order valence-corrected chi connectivity index (χ1v) is 9.84. The van der Waals surface area contributed by atoms with Gasteiger partial charge in [-0.05, 0) is 36.1 Å². The molecule has 3 rings (SSSR count). The van der Waals surface area contributed by atoms with Gasteiger partial charge in [0, 0.05) is 10.6 Å². The van der Waals surface area contributed by atoms with Crippen molar-refractivity contribution >= 4 is 33.7 Å². The standard InChI is InChI=1S/C18H17NO3S2/c20-17-16(23-18(21)19-17)12-14-6-8-15(9-7-14)24(22)11-10-13-4-2-1-3-5-13/h1-9,16H,10-12H2,(H,19,20,21). The minimum Gasteiger partial charge on any atom is -0.286 e. The Hall–Kier alpha value is -1.92. The van der Waals surface area contributed by atoms with E-state index >= 15 is 0 Å². The van der Waals surface area contributed by atoms with Crippen LogP contribution in [0.25, 0.3) is 0 Å². The summed E-state index contributed by atoms with van der Waals surface area (Å²) in [5, 5.41) is 1.63. The van der Waals surface area contributed by atoms with E-state index in [0.717, 1.165) is 28.6 Å². The number of aryl methyl sites for hydroxylation is 1. The number of benzene rings is 2. The summed E-state index contributed by atoms with van der Waals surface area (Å²) in [6, 6.07) is 17.4. The van der Waals surface area contributed by atoms with E-state index in [1.807, 2.05) is 54.6 Å². The molecule has 0 bridgehead atoms. The Bertz CT molecular complexity index is 760. The summed E-state index contributed by atoms with van der Waals surface area (Å²) in [4.78, 5) is 23.5. The Morgan fingerprint density at radius 3 is 2.29 bits per heavy atom. The van der Waals surface area contributed by atoms with Gasteiger partial charge in [-0.25, -0.2) is 0 Å². The average molecular weight is 359 g/mol. The van der Waals surface area contributed by atoms with E-state index in [1.54, 1.807) is 0 Å². The zero-order valence-electron chi connectivity index (χ0n) is 12.9. The molecule has 6 heteroatoms. The van der Waals surface area contributed by atoms with Gasteiger partial charge in [0.05, 0.1) is 16.0 Å². The Kier molecular flexibility index (Phi) is 5.48. The van der Waals surface area contributed by atoms with Crippen molar-refractivity contribution in [3.63, 3.8) is 0 Å². The highest BCUT2D eigenvalue weighted by atomic mass is 32.2. The van der Waals surface area contributed by atoms with Crippen molar-refractivity contribution in [1.82, 2.24) is 5.32 Å². The number of hydrogen-bond donors (Lipinski definition) is 1. The van der Waals surface area contributed by atoms with Gasteiger partial charge in [-0.1, -0.05) is 54.2 Å². The Labute approximate surface area is 147 Å². The van der Waals surface area contributed by atoms with Crippen LogP contribution in [-0.4, -0.2) is 26.4 Å². The van der Waals surface area contributed by atoms with Crippen LogP contribution in [0, 0.1) is 0 Å². The van der Waals surface area contributed by atoms with E-state index in [0.29, 0.717) is 12.2 Å². The first-order chi connectivity index (χ1) is 11.6. The van der Waals surface area contributed by atoms with Gasteiger partial charge < -0.3 is 0 Å². The van der Waals surface area contributed by atoms with Crippen LogP contribution >= 0.6 is 11.8 Å². The van der Waals surface area contributed by atoms with E-state index in [2.05, 4.69) is 5.32 Å². The summed E-state index contributed by atoms with van der Waals surface area (Å²) in [5.41, 5.74) is 2.14. The van der Waals surface area contributed by atoms with Gasteiger partial charge in [0.15, 0.2) is 0 Å². The molecule has 2 unspecified atom stereocenters. The minimum atomic E-state index is -1.05. The summed E-state index contributed by atoms with van der Waals surface area (Å²) in [6.45, 7) is 0. The fraction of sp³-hybridized carbons (Fsp3) is 0.222. The van der Waals surface area contributed by atoms with E-state index in [9.17, 15) is 13.8 Å². The molecule has 2 atom stereocenters. The number of imide groups is 1. The molecule has 1 aliphatic rings. The largest absolute Gasteiger partial charge is 0.286 e. The molecule has 4 nitrogen and oxygen atoms in total. The highest BCUT2D eigenvalue weighted by molar-refractivity contribution is 8.15.